The van der Waals surface area contributed by atoms with Gasteiger partial charge in [0.25, 0.3) is 0 Å². The second kappa shape index (κ2) is 8.56. The molecule has 2 aromatic rings. The first-order chi connectivity index (χ1) is 10.5. The van der Waals surface area contributed by atoms with Crippen molar-refractivity contribution in [1.29, 1.82) is 0 Å². The zero-order valence-electron chi connectivity index (χ0n) is 12.4. The Morgan fingerprint density at radius 2 is 1.77 bits per heavy atom. The molecule has 1 aromatic heterocycles. The Labute approximate surface area is 140 Å². The number of hydrogen-bond acceptors (Lipinski definition) is 4. The van der Waals surface area contributed by atoms with Crippen LogP contribution in [0.1, 0.15) is 12.7 Å². The number of rotatable bonds is 8. The van der Waals surface area contributed by atoms with Gasteiger partial charge in [-0.05, 0) is 37.3 Å². The molecule has 0 spiro atoms. The van der Waals surface area contributed by atoms with Gasteiger partial charge in [-0.1, -0.05) is 23.2 Å². The molecule has 0 aliphatic heterocycles. The van der Waals surface area contributed by atoms with E-state index < -0.39 is 0 Å². The SMILES string of the molecule is C[C@@H](O)CNCCNCc1ccc(-c2cc(Cl)cc(Cl)c2)o1. The molecule has 0 saturated heterocycles. The van der Waals surface area contributed by atoms with Crippen LogP contribution in [0.3, 0.4) is 0 Å². The Balaban J connectivity index is 1.81. The van der Waals surface area contributed by atoms with Crippen LogP contribution in [0, 0.1) is 0 Å². The fourth-order valence-corrected chi connectivity index (χ4v) is 2.55. The van der Waals surface area contributed by atoms with E-state index in [2.05, 4.69) is 10.6 Å². The fraction of sp³-hybridized carbons (Fsp3) is 0.375. The highest BCUT2D eigenvalue weighted by Gasteiger charge is 2.07. The van der Waals surface area contributed by atoms with Gasteiger partial charge in [-0.25, -0.2) is 0 Å². The summed E-state index contributed by atoms with van der Waals surface area (Å²) in [6, 6.07) is 9.18. The molecule has 1 heterocycles. The molecule has 1 aromatic carbocycles. The van der Waals surface area contributed by atoms with E-state index in [1.54, 1.807) is 13.0 Å². The number of nitrogens with one attached hydrogen (secondary N) is 2. The van der Waals surface area contributed by atoms with Crippen LogP contribution in [0.25, 0.3) is 11.3 Å². The van der Waals surface area contributed by atoms with Gasteiger partial charge in [0.15, 0.2) is 0 Å². The van der Waals surface area contributed by atoms with Crippen molar-refractivity contribution in [2.45, 2.75) is 19.6 Å². The van der Waals surface area contributed by atoms with E-state index in [0.717, 1.165) is 30.2 Å². The minimum atomic E-state index is -0.322. The number of furan rings is 1. The number of hydrogen-bond donors (Lipinski definition) is 3. The lowest BCUT2D eigenvalue weighted by Gasteiger charge is -2.07. The first-order valence-corrected chi connectivity index (χ1v) is 7.95. The molecule has 0 aliphatic carbocycles. The Morgan fingerprint density at radius 3 is 2.45 bits per heavy atom. The zero-order chi connectivity index (χ0) is 15.9. The summed E-state index contributed by atoms with van der Waals surface area (Å²) >= 11 is 12.0. The van der Waals surface area contributed by atoms with Gasteiger partial charge in [0.05, 0.1) is 12.6 Å². The Morgan fingerprint density at radius 1 is 1.09 bits per heavy atom. The average Bonchev–Trinajstić information content (AvgIpc) is 2.90. The van der Waals surface area contributed by atoms with Gasteiger partial charge in [0.2, 0.25) is 0 Å². The third-order valence-corrected chi connectivity index (χ3v) is 3.46. The quantitative estimate of drug-likeness (QED) is 0.644. The predicted octanol–water partition coefficient (Wildman–Crippen LogP) is 3.31. The summed E-state index contributed by atoms with van der Waals surface area (Å²) in [7, 11) is 0. The third-order valence-electron chi connectivity index (χ3n) is 3.03. The molecule has 1 atom stereocenters. The van der Waals surface area contributed by atoms with Gasteiger partial charge in [-0.2, -0.15) is 0 Å². The molecule has 0 amide bonds. The molecule has 0 unspecified atom stereocenters. The molecule has 6 heteroatoms. The summed E-state index contributed by atoms with van der Waals surface area (Å²) in [6.07, 6.45) is -0.322. The van der Waals surface area contributed by atoms with Crippen molar-refractivity contribution < 1.29 is 9.52 Å². The monoisotopic (exact) mass is 342 g/mol. The Bertz CT molecular complexity index is 579. The number of benzene rings is 1. The standard InChI is InChI=1S/C16H20Cl2N2O2/c1-11(21)9-19-4-5-20-10-15-2-3-16(22-15)12-6-13(17)8-14(18)7-12/h2-3,6-8,11,19-21H,4-5,9-10H2,1H3/t11-/m1/s1. The summed E-state index contributed by atoms with van der Waals surface area (Å²) in [4.78, 5) is 0. The van der Waals surface area contributed by atoms with Crippen LogP contribution in [0.2, 0.25) is 10.0 Å². The van der Waals surface area contributed by atoms with Crippen molar-refractivity contribution in [2.75, 3.05) is 19.6 Å². The van der Waals surface area contributed by atoms with Crippen LogP contribution in [0.5, 0.6) is 0 Å². The van der Waals surface area contributed by atoms with Crippen molar-refractivity contribution in [3.05, 3.63) is 46.1 Å². The van der Waals surface area contributed by atoms with Crippen LogP contribution in [-0.2, 0) is 6.54 Å². The van der Waals surface area contributed by atoms with Gasteiger partial charge in [-0.3, -0.25) is 0 Å². The van der Waals surface area contributed by atoms with Crippen LogP contribution in [0.4, 0.5) is 0 Å². The van der Waals surface area contributed by atoms with Crippen molar-refractivity contribution in [2.24, 2.45) is 0 Å². The molecule has 3 N–H and O–H groups in total. The molecule has 22 heavy (non-hydrogen) atoms. The van der Waals surface area contributed by atoms with E-state index in [1.807, 2.05) is 24.3 Å². The van der Waals surface area contributed by atoms with E-state index >= 15 is 0 Å². The molecule has 2 rings (SSSR count). The Hall–Kier alpha value is -1.04. The molecular weight excluding hydrogens is 323 g/mol. The summed E-state index contributed by atoms with van der Waals surface area (Å²) < 4.78 is 5.78. The topological polar surface area (TPSA) is 57.4 Å². The highest BCUT2D eigenvalue weighted by molar-refractivity contribution is 6.35. The van der Waals surface area contributed by atoms with Gasteiger partial charge in [0.1, 0.15) is 11.5 Å². The lowest BCUT2D eigenvalue weighted by atomic mass is 10.2. The first-order valence-electron chi connectivity index (χ1n) is 7.19. The van der Waals surface area contributed by atoms with Gasteiger partial charge in [0, 0.05) is 35.2 Å². The lowest BCUT2D eigenvalue weighted by molar-refractivity contribution is 0.191. The van der Waals surface area contributed by atoms with Crippen molar-refractivity contribution in [3.8, 4) is 11.3 Å². The van der Waals surface area contributed by atoms with E-state index in [0.29, 0.717) is 23.1 Å². The smallest absolute Gasteiger partial charge is 0.134 e. The van der Waals surface area contributed by atoms with Gasteiger partial charge in [-0.15, -0.1) is 0 Å². The van der Waals surface area contributed by atoms with Crippen molar-refractivity contribution >= 4 is 23.2 Å². The van der Waals surface area contributed by atoms with Crippen LogP contribution in [0.15, 0.2) is 34.7 Å². The molecule has 4 nitrogen and oxygen atoms in total. The number of aliphatic hydroxyl groups excluding tert-OH is 1. The summed E-state index contributed by atoms with van der Waals surface area (Å²) in [5.41, 5.74) is 0.863. The average molecular weight is 343 g/mol. The summed E-state index contributed by atoms with van der Waals surface area (Å²) in [6.45, 7) is 4.59. The molecule has 0 aliphatic rings. The van der Waals surface area contributed by atoms with E-state index in [1.165, 1.54) is 0 Å². The molecule has 0 radical (unpaired) electrons. The van der Waals surface area contributed by atoms with Crippen molar-refractivity contribution in [3.63, 3.8) is 0 Å². The predicted molar refractivity (Wildman–Crippen MR) is 90.4 cm³/mol. The van der Waals surface area contributed by atoms with Crippen LogP contribution in [-0.4, -0.2) is 30.8 Å². The van der Waals surface area contributed by atoms with Gasteiger partial charge >= 0.3 is 0 Å². The highest BCUT2D eigenvalue weighted by atomic mass is 35.5. The lowest BCUT2D eigenvalue weighted by Crippen LogP contribution is -2.31. The maximum Gasteiger partial charge on any atom is 0.134 e. The van der Waals surface area contributed by atoms with E-state index in [9.17, 15) is 0 Å². The van der Waals surface area contributed by atoms with Crippen LogP contribution < -0.4 is 10.6 Å². The van der Waals surface area contributed by atoms with E-state index in [4.69, 9.17) is 32.7 Å². The molecular formula is C16H20Cl2N2O2. The number of aliphatic hydroxyl groups is 1. The highest BCUT2D eigenvalue weighted by Crippen LogP contribution is 2.28. The molecule has 0 fully saturated rings. The summed E-state index contributed by atoms with van der Waals surface area (Å²) in [5.74, 6) is 1.59. The normalized spacial score (nSPS) is 12.5. The second-order valence-corrected chi connectivity index (χ2v) is 6.03. The third kappa shape index (κ3) is 5.63. The second-order valence-electron chi connectivity index (χ2n) is 5.15. The summed E-state index contributed by atoms with van der Waals surface area (Å²) in [5, 5.41) is 16.7. The Kier molecular flexibility index (Phi) is 6.73. The largest absolute Gasteiger partial charge is 0.460 e. The zero-order valence-corrected chi connectivity index (χ0v) is 13.9. The van der Waals surface area contributed by atoms with Crippen molar-refractivity contribution in [1.82, 2.24) is 10.6 Å². The van der Waals surface area contributed by atoms with Crippen LogP contribution >= 0.6 is 23.2 Å². The molecule has 0 saturated carbocycles. The molecule has 0 bridgehead atoms. The first kappa shape index (κ1) is 17.3. The maximum absolute atomic E-state index is 9.12. The fourth-order valence-electron chi connectivity index (χ4n) is 2.02. The van der Waals surface area contributed by atoms with Gasteiger partial charge < -0.3 is 20.2 Å². The number of halogens is 2. The minimum absolute atomic E-state index is 0.322. The molecule has 120 valence electrons. The maximum atomic E-state index is 9.12. The minimum Gasteiger partial charge on any atom is -0.460 e. The van der Waals surface area contributed by atoms with E-state index in [-0.39, 0.29) is 6.10 Å².